The fourth-order valence-corrected chi connectivity index (χ4v) is 2.93. The van der Waals surface area contributed by atoms with Crippen LogP contribution in [0.4, 0.5) is 0 Å². The van der Waals surface area contributed by atoms with Gasteiger partial charge in [0.25, 0.3) is 5.91 Å². The zero-order chi connectivity index (χ0) is 14.0. The molecule has 0 aromatic heterocycles. The van der Waals surface area contributed by atoms with Gasteiger partial charge in [-0.3, -0.25) is 9.59 Å². The molecule has 0 bridgehead atoms. The lowest BCUT2D eigenvalue weighted by Crippen LogP contribution is -2.40. The Balaban J connectivity index is 2.08. The molecule has 0 spiro atoms. The van der Waals surface area contributed by atoms with Gasteiger partial charge < -0.3 is 10.4 Å². The highest BCUT2D eigenvalue weighted by Crippen LogP contribution is 2.26. The van der Waals surface area contributed by atoms with Crippen LogP contribution in [0.5, 0.6) is 0 Å². The molecule has 19 heavy (non-hydrogen) atoms. The number of halogens is 1. The summed E-state index contributed by atoms with van der Waals surface area (Å²) < 4.78 is 1.03. The second-order valence-corrected chi connectivity index (χ2v) is 6.08. The third-order valence-corrected chi connectivity index (χ3v) is 4.75. The molecule has 1 aliphatic carbocycles. The van der Waals surface area contributed by atoms with E-state index in [1.54, 1.807) is 6.07 Å². The van der Waals surface area contributed by atoms with Crippen LogP contribution in [0.15, 0.2) is 18.2 Å². The monoisotopic (exact) mass is 373 g/mol. The molecule has 0 saturated heterocycles. The van der Waals surface area contributed by atoms with E-state index in [0.717, 1.165) is 22.0 Å². The van der Waals surface area contributed by atoms with Gasteiger partial charge in [0.15, 0.2) is 0 Å². The molecule has 0 heterocycles. The third-order valence-electron chi connectivity index (χ3n) is 3.58. The van der Waals surface area contributed by atoms with Gasteiger partial charge in [-0.15, -0.1) is 0 Å². The summed E-state index contributed by atoms with van der Waals surface area (Å²) in [7, 11) is 0. The van der Waals surface area contributed by atoms with Crippen molar-refractivity contribution in [3.63, 3.8) is 0 Å². The van der Waals surface area contributed by atoms with E-state index in [0.29, 0.717) is 12.0 Å². The fourth-order valence-electron chi connectivity index (χ4n) is 2.41. The van der Waals surface area contributed by atoms with Crippen molar-refractivity contribution >= 4 is 34.5 Å². The molecule has 4 nitrogen and oxygen atoms in total. The van der Waals surface area contributed by atoms with E-state index in [4.69, 9.17) is 5.11 Å². The minimum absolute atomic E-state index is 0.184. The van der Waals surface area contributed by atoms with Crippen LogP contribution in [0, 0.1) is 16.4 Å². The molecule has 1 saturated carbocycles. The van der Waals surface area contributed by atoms with Crippen molar-refractivity contribution in [3.05, 3.63) is 32.9 Å². The molecule has 1 aromatic carbocycles. The smallest absolute Gasteiger partial charge is 0.308 e. The van der Waals surface area contributed by atoms with Gasteiger partial charge in [-0.05, 0) is 60.1 Å². The Bertz CT molecular complexity index is 515. The maximum Gasteiger partial charge on any atom is 0.308 e. The number of aliphatic carboxylic acids is 1. The van der Waals surface area contributed by atoms with E-state index in [2.05, 4.69) is 27.9 Å². The summed E-state index contributed by atoms with van der Waals surface area (Å²) in [4.78, 5) is 23.2. The number of nitrogens with one attached hydrogen (secondary N) is 1. The number of carboxylic acids is 1. The molecule has 0 unspecified atom stereocenters. The number of hydrogen-bond acceptors (Lipinski definition) is 2. The number of benzene rings is 1. The molecular weight excluding hydrogens is 357 g/mol. The summed E-state index contributed by atoms with van der Waals surface area (Å²) in [6, 6.07) is 5.26. The van der Waals surface area contributed by atoms with Crippen molar-refractivity contribution in [2.45, 2.75) is 32.2 Å². The van der Waals surface area contributed by atoms with Crippen molar-refractivity contribution in [3.8, 4) is 0 Å². The van der Waals surface area contributed by atoms with Gasteiger partial charge in [0, 0.05) is 15.2 Å². The molecule has 1 aliphatic rings. The number of aryl methyl sites for hydroxylation is 1. The summed E-state index contributed by atoms with van der Waals surface area (Å²) in [6.45, 7) is 1.99. The number of carboxylic acid groups (broad SMARTS) is 1. The lowest BCUT2D eigenvalue weighted by Gasteiger charge is -2.17. The molecular formula is C14H16INO3. The minimum atomic E-state index is -0.818. The van der Waals surface area contributed by atoms with Crippen LogP contribution in [0.2, 0.25) is 0 Å². The Morgan fingerprint density at radius 2 is 2.11 bits per heavy atom. The third kappa shape index (κ3) is 3.26. The van der Waals surface area contributed by atoms with Crippen LogP contribution in [0.25, 0.3) is 0 Å². The van der Waals surface area contributed by atoms with E-state index in [1.807, 2.05) is 19.1 Å². The Labute approximate surface area is 125 Å². The molecule has 0 radical (unpaired) electrons. The average molecular weight is 373 g/mol. The Morgan fingerprint density at radius 3 is 2.74 bits per heavy atom. The number of carbonyl (C=O) groups is 2. The topological polar surface area (TPSA) is 66.4 Å². The minimum Gasteiger partial charge on any atom is -0.481 e. The molecule has 5 heteroatoms. The van der Waals surface area contributed by atoms with Crippen molar-refractivity contribution in [1.29, 1.82) is 0 Å². The summed E-state index contributed by atoms with van der Waals surface area (Å²) >= 11 is 2.19. The Hall–Kier alpha value is -1.11. The van der Waals surface area contributed by atoms with Crippen LogP contribution in [-0.2, 0) is 4.79 Å². The molecule has 0 aliphatic heterocycles. The number of carbonyl (C=O) groups excluding carboxylic acids is 1. The molecule has 2 atom stereocenters. The first-order valence-corrected chi connectivity index (χ1v) is 7.36. The predicted octanol–water partition coefficient (Wildman–Crippen LogP) is 2.58. The van der Waals surface area contributed by atoms with Gasteiger partial charge in [0.1, 0.15) is 0 Å². The van der Waals surface area contributed by atoms with Gasteiger partial charge in [0.2, 0.25) is 0 Å². The predicted molar refractivity (Wildman–Crippen MR) is 80.1 cm³/mol. The molecule has 1 fully saturated rings. The van der Waals surface area contributed by atoms with E-state index in [9.17, 15) is 9.59 Å². The highest BCUT2D eigenvalue weighted by atomic mass is 127. The second kappa shape index (κ2) is 5.90. The second-order valence-electron chi connectivity index (χ2n) is 4.92. The first kappa shape index (κ1) is 14.3. The van der Waals surface area contributed by atoms with E-state index < -0.39 is 11.9 Å². The van der Waals surface area contributed by atoms with Gasteiger partial charge in [-0.2, -0.15) is 0 Å². The quantitative estimate of drug-likeness (QED) is 0.801. The number of rotatable bonds is 3. The molecule has 2 rings (SSSR count). The van der Waals surface area contributed by atoms with Crippen LogP contribution in [0.3, 0.4) is 0 Å². The van der Waals surface area contributed by atoms with Crippen molar-refractivity contribution in [2.75, 3.05) is 0 Å². The van der Waals surface area contributed by atoms with Gasteiger partial charge in [0.05, 0.1) is 5.92 Å². The fraction of sp³-hybridized carbons (Fsp3) is 0.429. The molecule has 1 amide bonds. The first-order chi connectivity index (χ1) is 8.99. The van der Waals surface area contributed by atoms with E-state index in [1.165, 1.54) is 0 Å². The zero-order valence-electron chi connectivity index (χ0n) is 10.6. The summed E-state index contributed by atoms with van der Waals surface area (Å²) in [5.74, 6) is -1.45. The van der Waals surface area contributed by atoms with Crippen LogP contribution in [0.1, 0.15) is 35.2 Å². The average Bonchev–Trinajstić information content (AvgIpc) is 2.80. The van der Waals surface area contributed by atoms with Crippen molar-refractivity contribution < 1.29 is 14.7 Å². The lowest BCUT2D eigenvalue weighted by molar-refractivity contribution is -0.142. The van der Waals surface area contributed by atoms with E-state index in [-0.39, 0.29) is 11.9 Å². The maximum absolute atomic E-state index is 12.1. The largest absolute Gasteiger partial charge is 0.481 e. The summed E-state index contributed by atoms with van der Waals surface area (Å²) in [5, 5.41) is 11.9. The highest BCUT2D eigenvalue weighted by Gasteiger charge is 2.33. The standard InChI is InChI=1S/C14H16INO3/c1-8-5-6-9(7-11(8)15)13(17)16-12-4-2-3-10(12)14(18)19/h5-7,10,12H,2-4H2,1H3,(H,16,17)(H,18,19)/t10-,12+/m0/s1. The number of hydrogen-bond donors (Lipinski definition) is 2. The number of amides is 1. The first-order valence-electron chi connectivity index (χ1n) is 6.29. The van der Waals surface area contributed by atoms with Crippen LogP contribution < -0.4 is 5.32 Å². The van der Waals surface area contributed by atoms with Crippen molar-refractivity contribution in [2.24, 2.45) is 5.92 Å². The molecule has 1 aromatic rings. The molecule has 2 N–H and O–H groups in total. The van der Waals surface area contributed by atoms with Gasteiger partial charge in [-0.1, -0.05) is 12.5 Å². The summed E-state index contributed by atoms with van der Waals surface area (Å²) in [6.07, 6.45) is 2.24. The maximum atomic E-state index is 12.1. The highest BCUT2D eigenvalue weighted by molar-refractivity contribution is 14.1. The molecule has 102 valence electrons. The van der Waals surface area contributed by atoms with Crippen molar-refractivity contribution in [1.82, 2.24) is 5.32 Å². The summed E-state index contributed by atoms with van der Waals surface area (Å²) in [5.41, 5.74) is 1.72. The SMILES string of the molecule is Cc1ccc(C(=O)N[C@@H]2CCC[C@@H]2C(=O)O)cc1I. The van der Waals surface area contributed by atoms with Gasteiger partial charge >= 0.3 is 5.97 Å². The normalized spacial score (nSPS) is 22.2. The van der Waals surface area contributed by atoms with Gasteiger partial charge in [-0.25, -0.2) is 0 Å². The van der Waals surface area contributed by atoms with E-state index >= 15 is 0 Å². The zero-order valence-corrected chi connectivity index (χ0v) is 12.8. The lowest BCUT2D eigenvalue weighted by atomic mass is 10.0. The Morgan fingerprint density at radius 1 is 1.37 bits per heavy atom. The van der Waals surface area contributed by atoms with Crippen LogP contribution in [-0.4, -0.2) is 23.0 Å². The Kier molecular flexibility index (Phi) is 4.44. The van der Waals surface area contributed by atoms with Crippen LogP contribution >= 0.6 is 22.6 Å².